The molecule has 7 heteroatoms. The van der Waals surface area contributed by atoms with E-state index in [1.165, 1.54) is 0 Å². The van der Waals surface area contributed by atoms with E-state index < -0.39 is 0 Å². The van der Waals surface area contributed by atoms with Crippen molar-refractivity contribution in [3.63, 3.8) is 0 Å². The molecule has 3 aromatic rings. The Balaban J connectivity index is 1.74. The van der Waals surface area contributed by atoms with Gasteiger partial charge in [-0.3, -0.25) is 14.3 Å². The summed E-state index contributed by atoms with van der Waals surface area (Å²) in [6.45, 7) is 0.154. The Kier molecular flexibility index (Phi) is 4.68. The summed E-state index contributed by atoms with van der Waals surface area (Å²) in [4.78, 5) is 21.1. The number of nitrogens with zero attached hydrogens (tertiary/aromatic N) is 3. The van der Waals surface area contributed by atoms with Crippen molar-refractivity contribution in [2.45, 2.75) is 12.3 Å². The summed E-state index contributed by atoms with van der Waals surface area (Å²) in [5.74, 6) is 3.94. The van der Waals surface area contributed by atoms with E-state index in [2.05, 4.69) is 21.2 Å². The molecule has 1 N–H and O–H groups in total. The third-order valence-electron chi connectivity index (χ3n) is 4.60. The van der Waals surface area contributed by atoms with Crippen LogP contribution in [0, 0.1) is 12.3 Å². The Labute approximate surface area is 162 Å². The molecular weight excluding hydrogens is 356 g/mol. The summed E-state index contributed by atoms with van der Waals surface area (Å²) >= 11 is 0. The Bertz CT molecular complexity index is 1050. The number of hydrogen-bond donors (Lipinski definition) is 1. The van der Waals surface area contributed by atoms with E-state index in [4.69, 9.17) is 15.9 Å². The molecule has 0 aliphatic carbocycles. The van der Waals surface area contributed by atoms with Crippen LogP contribution in [0.1, 0.15) is 23.6 Å². The molecule has 0 spiro atoms. The SMILES string of the molecule is C#CCOc1ccc([C@@H]2CC(=O)Nc3c2ncn3-c2cccnc2)cc1OC. The highest BCUT2D eigenvalue weighted by atomic mass is 16.5. The van der Waals surface area contributed by atoms with Crippen LogP contribution < -0.4 is 14.8 Å². The van der Waals surface area contributed by atoms with Gasteiger partial charge in [0.2, 0.25) is 5.91 Å². The third kappa shape index (κ3) is 3.16. The van der Waals surface area contributed by atoms with Crippen molar-refractivity contribution in [2.24, 2.45) is 0 Å². The van der Waals surface area contributed by atoms with Gasteiger partial charge in [-0.2, -0.15) is 0 Å². The van der Waals surface area contributed by atoms with Gasteiger partial charge in [-0.1, -0.05) is 12.0 Å². The van der Waals surface area contributed by atoms with Crippen molar-refractivity contribution in [1.29, 1.82) is 0 Å². The molecule has 2 aromatic heterocycles. The topological polar surface area (TPSA) is 78.3 Å². The maximum Gasteiger partial charge on any atom is 0.226 e. The first-order valence-corrected chi connectivity index (χ1v) is 8.73. The Morgan fingerprint density at radius 3 is 3.00 bits per heavy atom. The monoisotopic (exact) mass is 374 g/mol. The number of anilines is 1. The second-order valence-electron chi connectivity index (χ2n) is 6.27. The number of fused-ring (bicyclic) bond motifs is 1. The second kappa shape index (κ2) is 7.45. The number of nitrogens with one attached hydrogen (secondary N) is 1. The zero-order valence-corrected chi connectivity index (χ0v) is 15.3. The molecule has 1 aliphatic heterocycles. The van der Waals surface area contributed by atoms with Crippen molar-refractivity contribution < 1.29 is 14.3 Å². The Morgan fingerprint density at radius 1 is 1.36 bits per heavy atom. The molecule has 1 aliphatic rings. The van der Waals surface area contributed by atoms with Crippen LogP contribution in [0.2, 0.25) is 0 Å². The van der Waals surface area contributed by atoms with Gasteiger partial charge in [-0.15, -0.1) is 6.42 Å². The molecule has 1 amide bonds. The van der Waals surface area contributed by atoms with E-state index >= 15 is 0 Å². The van der Waals surface area contributed by atoms with Gasteiger partial charge < -0.3 is 14.8 Å². The molecule has 7 nitrogen and oxygen atoms in total. The Morgan fingerprint density at radius 2 is 2.25 bits per heavy atom. The average Bonchev–Trinajstić information content (AvgIpc) is 3.16. The van der Waals surface area contributed by atoms with Gasteiger partial charge in [-0.25, -0.2) is 4.98 Å². The molecule has 0 fully saturated rings. The van der Waals surface area contributed by atoms with Crippen LogP contribution in [0.3, 0.4) is 0 Å². The molecule has 0 radical (unpaired) electrons. The first-order chi connectivity index (χ1) is 13.7. The standard InChI is InChI=1S/C21H18N4O3/c1-3-9-28-17-7-6-14(10-18(17)27-2)16-11-19(26)24-21-20(16)23-13-25(21)15-5-4-8-22-12-15/h1,4-8,10,12-13,16H,9,11H2,2H3,(H,24,26)/t16-/m0/s1. The van der Waals surface area contributed by atoms with Gasteiger partial charge in [0, 0.05) is 18.5 Å². The highest BCUT2D eigenvalue weighted by molar-refractivity contribution is 5.94. The molecule has 140 valence electrons. The number of aromatic nitrogens is 3. The molecule has 0 saturated carbocycles. The largest absolute Gasteiger partial charge is 0.493 e. The highest BCUT2D eigenvalue weighted by Gasteiger charge is 2.31. The number of methoxy groups -OCH3 is 1. The summed E-state index contributed by atoms with van der Waals surface area (Å²) < 4.78 is 12.8. The molecule has 0 bridgehead atoms. The number of terminal acetylenes is 1. The van der Waals surface area contributed by atoms with E-state index in [1.807, 2.05) is 28.8 Å². The lowest BCUT2D eigenvalue weighted by atomic mass is 9.89. The van der Waals surface area contributed by atoms with E-state index in [-0.39, 0.29) is 18.4 Å². The minimum atomic E-state index is -0.197. The fourth-order valence-corrected chi connectivity index (χ4v) is 3.31. The van der Waals surface area contributed by atoms with E-state index in [9.17, 15) is 4.79 Å². The molecule has 0 unspecified atom stereocenters. The fraction of sp³-hybridized carbons (Fsp3) is 0.190. The predicted molar refractivity (Wildman–Crippen MR) is 104 cm³/mol. The molecule has 3 heterocycles. The maximum atomic E-state index is 12.4. The first kappa shape index (κ1) is 17.6. The summed E-state index contributed by atoms with van der Waals surface area (Å²) in [6, 6.07) is 9.32. The average molecular weight is 374 g/mol. The minimum Gasteiger partial charge on any atom is -0.493 e. The number of carbonyl (C=O) groups is 1. The molecule has 1 aromatic carbocycles. The number of benzene rings is 1. The lowest BCUT2D eigenvalue weighted by Crippen LogP contribution is -2.25. The summed E-state index contributed by atoms with van der Waals surface area (Å²) in [7, 11) is 1.57. The molecular formula is C21H18N4O3. The maximum absolute atomic E-state index is 12.4. The van der Waals surface area contributed by atoms with E-state index in [0.717, 1.165) is 16.9 Å². The van der Waals surface area contributed by atoms with Gasteiger partial charge in [0.1, 0.15) is 18.8 Å². The number of carbonyl (C=O) groups excluding carboxylic acids is 1. The van der Waals surface area contributed by atoms with Crippen molar-refractivity contribution in [2.75, 3.05) is 19.0 Å². The zero-order chi connectivity index (χ0) is 19.5. The highest BCUT2D eigenvalue weighted by Crippen LogP contribution is 2.40. The fourth-order valence-electron chi connectivity index (χ4n) is 3.31. The second-order valence-corrected chi connectivity index (χ2v) is 6.27. The number of ether oxygens (including phenoxy) is 2. The molecule has 0 saturated heterocycles. The lowest BCUT2D eigenvalue weighted by molar-refractivity contribution is -0.116. The number of amides is 1. The van der Waals surface area contributed by atoms with Crippen molar-refractivity contribution in [3.8, 4) is 29.5 Å². The van der Waals surface area contributed by atoms with Gasteiger partial charge in [0.25, 0.3) is 0 Å². The van der Waals surface area contributed by atoms with Crippen LogP contribution in [0.25, 0.3) is 5.69 Å². The number of imidazole rings is 1. The van der Waals surface area contributed by atoms with Crippen LogP contribution in [0.15, 0.2) is 49.1 Å². The van der Waals surface area contributed by atoms with Gasteiger partial charge in [0.15, 0.2) is 11.5 Å². The normalized spacial score (nSPS) is 15.3. The van der Waals surface area contributed by atoms with Gasteiger partial charge >= 0.3 is 0 Å². The van der Waals surface area contributed by atoms with Crippen LogP contribution in [-0.4, -0.2) is 34.2 Å². The minimum absolute atomic E-state index is 0.0743. The van der Waals surface area contributed by atoms with E-state index in [0.29, 0.717) is 23.7 Å². The lowest BCUT2D eigenvalue weighted by Gasteiger charge is -2.24. The zero-order valence-electron chi connectivity index (χ0n) is 15.3. The van der Waals surface area contributed by atoms with Crippen LogP contribution in [0.5, 0.6) is 11.5 Å². The molecule has 4 rings (SSSR count). The van der Waals surface area contributed by atoms with Crippen LogP contribution in [-0.2, 0) is 4.79 Å². The molecule has 28 heavy (non-hydrogen) atoms. The number of pyridine rings is 1. The van der Waals surface area contributed by atoms with Crippen LogP contribution >= 0.6 is 0 Å². The van der Waals surface area contributed by atoms with E-state index in [1.54, 1.807) is 31.9 Å². The van der Waals surface area contributed by atoms with Crippen molar-refractivity contribution in [1.82, 2.24) is 14.5 Å². The smallest absolute Gasteiger partial charge is 0.226 e. The Hall–Kier alpha value is -3.79. The van der Waals surface area contributed by atoms with Crippen LogP contribution in [0.4, 0.5) is 5.82 Å². The first-order valence-electron chi connectivity index (χ1n) is 8.73. The van der Waals surface area contributed by atoms with Gasteiger partial charge in [-0.05, 0) is 29.8 Å². The van der Waals surface area contributed by atoms with Gasteiger partial charge in [0.05, 0.1) is 24.7 Å². The number of hydrogen-bond acceptors (Lipinski definition) is 5. The summed E-state index contributed by atoms with van der Waals surface area (Å²) in [5, 5.41) is 2.93. The summed E-state index contributed by atoms with van der Waals surface area (Å²) in [5.41, 5.74) is 2.54. The van der Waals surface area contributed by atoms with Crippen molar-refractivity contribution in [3.05, 3.63) is 60.3 Å². The molecule has 1 atom stereocenters. The quantitative estimate of drug-likeness (QED) is 0.695. The predicted octanol–water partition coefficient (Wildman–Crippen LogP) is 2.76. The third-order valence-corrected chi connectivity index (χ3v) is 4.60. The van der Waals surface area contributed by atoms with Crippen molar-refractivity contribution >= 4 is 11.7 Å². The number of rotatable bonds is 5. The summed E-state index contributed by atoms with van der Waals surface area (Å²) in [6.07, 6.45) is 10.7.